The van der Waals surface area contributed by atoms with E-state index in [4.69, 9.17) is 0 Å². The summed E-state index contributed by atoms with van der Waals surface area (Å²) in [4.78, 5) is 11.4. The van der Waals surface area contributed by atoms with Crippen LogP contribution in [0.25, 0.3) is 0 Å². The molecule has 2 aliphatic carbocycles. The summed E-state index contributed by atoms with van der Waals surface area (Å²) in [5.74, 6) is -0.644. The summed E-state index contributed by atoms with van der Waals surface area (Å²) in [7, 11) is 0. The molecule has 20 heavy (non-hydrogen) atoms. The first-order valence-electron chi connectivity index (χ1n) is 7.62. The Morgan fingerprint density at radius 2 is 1.65 bits per heavy atom. The lowest BCUT2D eigenvalue weighted by Crippen LogP contribution is -2.42. The van der Waals surface area contributed by atoms with Crippen molar-refractivity contribution in [2.45, 2.75) is 52.4 Å². The van der Waals surface area contributed by atoms with Crippen molar-refractivity contribution in [3.63, 3.8) is 0 Å². The predicted molar refractivity (Wildman–Crippen MR) is 79.5 cm³/mol. The first-order valence-corrected chi connectivity index (χ1v) is 7.62. The average molecular weight is 272 g/mol. The van der Waals surface area contributed by atoms with Crippen LogP contribution in [0.4, 0.5) is 0 Å². The molecule has 1 aromatic rings. The fourth-order valence-electron chi connectivity index (χ4n) is 4.96. The van der Waals surface area contributed by atoms with E-state index >= 15 is 0 Å². The molecule has 2 heteroatoms. The molecule has 0 bridgehead atoms. The van der Waals surface area contributed by atoms with Gasteiger partial charge in [-0.05, 0) is 53.9 Å². The van der Waals surface area contributed by atoms with Crippen LogP contribution in [0.5, 0.6) is 0 Å². The predicted octanol–water partition coefficient (Wildman–Crippen LogP) is 4.29. The van der Waals surface area contributed by atoms with E-state index in [1.165, 1.54) is 18.4 Å². The molecule has 0 spiro atoms. The van der Waals surface area contributed by atoms with E-state index in [-0.39, 0.29) is 5.41 Å². The van der Waals surface area contributed by atoms with Crippen molar-refractivity contribution < 1.29 is 9.90 Å². The van der Waals surface area contributed by atoms with Crippen LogP contribution in [0.15, 0.2) is 30.3 Å². The maximum absolute atomic E-state index is 11.4. The third kappa shape index (κ3) is 2.06. The summed E-state index contributed by atoms with van der Waals surface area (Å²) < 4.78 is 0. The standard InChI is InChI=1S/C18H24O2/c1-16-8-9-17(16,2)13-18(12-16,11-15(19)20)10-14-6-4-3-5-7-14/h3-7H,8-13H2,1-2H3,(H,19,20)/t16-,17+,18?. The molecule has 0 aromatic heterocycles. The number of carboxylic acid groups (broad SMARTS) is 1. The number of hydrogen-bond acceptors (Lipinski definition) is 1. The minimum Gasteiger partial charge on any atom is -0.481 e. The largest absolute Gasteiger partial charge is 0.481 e. The van der Waals surface area contributed by atoms with Gasteiger partial charge in [-0.2, -0.15) is 0 Å². The Balaban J connectivity index is 1.89. The quantitative estimate of drug-likeness (QED) is 0.887. The van der Waals surface area contributed by atoms with Crippen molar-refractivity contribution in [3.05, 3.63) is 35.9 Å². The summed E-state index contributed by atoms with van der Waals surface area (Å²) >= 11 is 0. The summed E-state index contributed by atoms with van der Waals surface area (Å²) in [6, 6.07) is 10.4. The van der Waals surface area contributed by atoms with Gasteiger partial charge < -0.3 is 5.11 Å². The van der Waals surface area contributed by atoms with Crippen LogP contribution < -0.4 is 0 Å². The second kappa shape index (κ2) is 4.34. The molecule has 0 heterocycles. The number of benzene rings is 1. The topological polar surface area (TPSA) is 37.3 Å². The lowest BCUT2D eigenvalue weighted by molar-refractivity contribution is -0.139. The van der Waals surface area contributed by atoms with E-state index in [0.717, 1.165) is 19.3 Å². The van der Waals surface area contributed by atoms with E-state index in [9.17, 15) is 9.90 Å². The fourth-order valence-corrected chi connectivity index (χ4v) is 4.96. The molecule has 0 radical (unpaired) electrons. The van der Waals surface area contributed by atoms with E-state index in [0.29, 0.717) is 17.3 Å². The van der Waals surface area contributed by atoms with E-state index in [1.807, 2.05) is 6.07 Å². The summed E-state index contributed by atoms with van der Waals surface area (Å²) in [5.41, 5.74) is 1.95. The lowest BCUT2D eigenvalue weighted by Gasteiger charge is -2.52. The van der Waals surface area contributed by atoms with E-state index < -0.39 is 5.97 Å². The molecule has 1 aromatic carbocycles. The number of aliphatic carboxylic acids is 1. The fraction of sp³-hybridized carbons (Fsp3) is 0.611. The van der Waals surface area contributed by atoms with Gasteiger partial charge in [0.15, 0.2) is 0 Å². The van der Waals surface area contributed by atoms with Crippen molar-refractivity contribution >= 4 is 5.97 Å². The van der Waals surface area contributed by atoms with Crippen molar-refractivity contribution in [1.29, 1.82) is 0 Å². The first-order chi connectivity index (χ1) is 9.37. The Kier molecular flexibility index (Phi) is 2.97. The van der Waals surface area contributed by atoms with Crippen LogP contribution in [0.2, 0.25) is 0 Å². The molecular weight excluding hydrogens is 248 g/mol. The SMILES string of the molecule is C[C@@]12CC[C@]1(C)CC(CC(=O)O)(Cc1ccccc1)C2. The molecule has 0 aliphatic heterocycles. The Bertz CT molecular complexity index is 503. The molecule has 2 saturated carbocycles. The highest BCUT2D eigenvalue weighted by Crippen LogP contribution is 2.72. The van der Waals surface area contributed by atoms with Gasteiger partial charge in [-0.15, -0.1) is 0 Å². The van der Waals surface area contributed by atoms with Gasteiger partial charge in [-0.1, -0.05) is 44.2 Å². The molecule has 1 unspecified atom stereocenters. The molecule has 1 N–H and O–H groups in total. The van der Waals surface area contributed by atoms with E-state index in [1.54, 1.807) is 0 Å². The Morgan fingerprint density at radius 3 is 2.10 bits per heavy atom. The highest BCUT2D eigenvalue weighted by atomic mass is 16.4. The van der Waals surface area contributed by atoms with Gasteiger partial charge in [0, 0.05) is 0 Å². The highest BCUT2D eigenvalue weighted by molar-refractivity contribution is 5.68. The van der Waals surface area contributed by atoms with Gasteiger partial charge in [0.1, 0.15) is 0 Å². The molecule has 0 saturated heterocycles. The zero-order valence-electron chi connectivity index (χ0n) is 12.5. The molecule has 2 fully saturated rings. The summed E-state index contributed by atoms with van der Waals surface area (Å²) in [6.07, 6.45) is 5.88. The van der Waals surface area contributed by atoms with Gasteiger partial charge >= 0.3 is 5.97 Å². The second-order valence-electron chi connectivity index (χ2n) is 7.71. The van der Waals surface area contributed by atoms with Gasteiger partial charge in [0.25, 0.3) is 0 Å². The van der Waals surface area contributed by atoms with Crippen molar-refractivity contribution in [2.75, 3.05) is 0 Å². The first kappa shape index (κ1) is 13.7. The minimum absolute atomic E-state index is 0.0484. The third-order valence-corrected chi connectivity index (χ3v) is 6.16. The van der Waals surface area contributed by atoms with Crippen molar-refractivity contribution in [2.24, 2.45) is 16.2 Å². The maximum atomic E-state index is 11.4. The maximum Gasteiger partial charge on any atom is 0.303 e. The summed E-state index contributed by atoms with van der Waals surface area (Å²) in [5, 5.41) is 9.38. The number of fused-ring (bicyclic) bond motifs is 1. The zero-order chi connectivity index (χ0) is 14.4. The molecular formula is C18H24O2. The Morgan fingerprint density at radius 1 is 1.10 bits per heavy atom. The zero-order valence-corrected chi connectivity index (χ0v) is 12.5. The van der Waals surface area contributed by atoms with Crippen LogP contribution in [-0.4, -0.2) is 11.1 Å². The van der Waals surface area contributed by atoms with Crippen LogP contribution in [0.1, 0.15) is 51.5 Å². The second-order valence-corrected chi connectivity index (χ2v) is 7.71. The molecule has 108 valence electrons. The molecule has 2 nitrogen and oxygen atoms in total. The number of carboxylic acids is 1. The van der Waals surface area contributed by atoms with Gasteiger partial charge in [0.05, 0.1) is 6.42 Å². The van der Waals surface area contributed by atoms with Gasteiger partial charge in [-0.3, -0.25) is 4.79 Å². The number of hydrogen-bond donors (Lipinski definition) is 1. The lowest BCUT2D eigenvalue weighted by atomic mass is 9.53. The van der Waals surface area contributed by atoms with Crippen molar-refractivity contribution in [1.82, 2.24) is 0 Å². The average Bonchev–Trinajstić information content (AvgIpc) is 2.49. The Labute approximate surface area is 121 Å². The van der Waals surface area contributed by atoms with Crippen LogP contribution >= 0.6 is 0 Å². The summed E-state index contributed by atoms with van der Waals surface area (Å²) in [6.45, 7) is 4.73. The minimum atomic E-state index is -0.644. The molecule has 3 atom stereocenters. The van der Waals surface area contributed by atoms with E-state index in [2.05, 4.69) is 38.1 Å². The highest BCUT2D eigenvalue weighted by Gasteiger charge is 2.63. The van der Waals surface area contributed by atoms with Crippen LogP contribution in [0.3, 0.4) is 0 Å². The molecule has 0 amide bonds. The van der Waals surface area contributed by atoms with Gasteiger partial charge in [0.2, 0.25) is 0 Å². The normalized spacial score (nSPS) is 39.1. The molecule has 2 aliphatic rings. The van der Waals surface area contributed by atoms with Crippen molar-refractivity contribution in [3.8, 4) is 0 Å². The number of rotatable bonds is 4. The third-order valence-electron chi connectivity index (χ3n) is 6.16. The Hall–Kier alpha value is -1.31. The van der Waals surface area contributed by atoms with Crippen LogP contribution in [-0.2, 0) is 11.2 Å². The monoisotopic (exact) mass is 272 g/mol. The molecule has 3 rings (SSSR count). The smallest absolute Gasteiger partial charge is 0.303 e. The number of carbonyl (C=O) groups is 1. The van der Waals surface area contributed by atoms with Crippen LogP contribution in [0, 0.1) is 16.2 Å². The van der Waals surface area contributed by atoms with Gasteiger partial charge in [-0.25, -0.2) is 0 Å².